The molecule has 150 valence electrons. The van der Waals surface area contributed by atoms with E-state index in [1.165, 1.54) is 10.6 Å². The largest absolute Gasteiger partial charge is 0.332 e. The van der Waals surface area contributed by atoms with Crippen LogP contribution >= 0.6 is 11.6 Å². The first-order chi connectivity index (χ1) is 14.5. The molecule has 0 saturated heterocycles. The molecule has 0 unspecified atom stereocenters. The molecule has 0 fully saturated rings. The van der Waals surface area contributed by atoms with Gasteiger partial charge in [-0.1, -0.05) is 59.2 Å². The van der Waals surface area contributed by atoms with E-state index in [-0.39, 0.29) is 23.9 Å². The zero-order chi connectivity index (χ0) is 21.1. The number of benzene rings is 2. The molecule has 1 amide bonds. The number of amides is 1. The molecular weight excluding hydrogens is 404 g/mol. The standard InChI is InChI=1S/C22H17ClN4O3/c1-14-10-11-16(23)12-17(14)24-19(28)13-27-18(8-5-9-20(27)29)22-25-21(26-30-22)15-6-3-2-4-7-15/h2-12H,13H2,1H3,(H,24,28). The van der Waals surface area contributed by atoms with Crippen molar-refractivity contribution in [2.45, 2.75) is 13.5 Å². The van der Waals surface area contributed by atoms with Crippen LogP contribution in [0, 0.1) is 6.92 Å². The van der Waals surface area contributed by atoms with E-state index < -0.39 is 0 Å². The molecule has 0 saturated carbocycles. The fourth-order valence-electron chi connectivity index (χ4n) is 2.96. The van der Waals surface area contributed by atoms with E-state index in [4.69, 9.17) is 16.1 Å². The van der Waals surface area contributed by atoms with Crippen LogP contribution in [-0.4, -0.2) is 20.6 Å². The van der Waals surface area contributed by atoms with Crippen molar-refractivity contribution < 1.29 is 9.32 Å². The highest BCUT2D eigenvalue weighted by Gasteiger charge is 2.17. The molecule has 8 heteroatoms. The summed E-state index contributed by atoms with van der Waals surface area (Å²) in [7, 11) is 0. The summed E-state index contributed by atoms with van der Waals surface area (Å²) < 4.78 is 6.65. The van der Waals surface area contributed by atoms with Gasteiger partial charge < -0.3 is 9.84 Å². The molecule has 2 aromatic carbocycles. The first-order valence-corrected chi connectivity index (χ1v) is 9.54. The molecule has 2 aromatic heterocycles. The first-order valence-electron chi connectivity index (χ1n) is 9.16. The van der Waals surface area contributed by atoms with Crippen LogP contribution in [0.15, 0.2) is 76.0 Å². The second-order valence-corrected chi connectivity index (χ2v) is 7.07. The number of hydrogen-bond acceptors (Lipinski definition) is 5. The predicted octanol–water partition coefficient (Wildman–Crippen LogP) is 4.17. The maximum atomic E-state index is 12.6. The van der Waals surface area contributed by atoms with Gasteiger partial charge in [-0.05, 0) is 30.7 Å². The lowest BCUT2D eigenvalue weighted by atomic mass is 10.2. The Morgan fingerprint density at radius 1 is 1.10 bits per heavy atom. The number of hydrogen-bond donors (Lipinski definition) is 1. The highest BCUT2D eigenvalue weighted by atomic mass is 35.5. The van der Waals surface area contributed by atoms with Crippen molar-refractivity contribution in [3.63, 3.8) is 0 Å². The number of pyridine rings is 1. The SMILES string of the molecule is Cc1ccc(Cl)cc1NC(=O)Cn1c(-c2nc(-c3ccccc3)no2)cccc1=O. The summed E-state index contributed by atoms with van der Waals surface area (Å²) in [5, 5.41) is 7.28. The molecule has 0 aliphatic heterocycles. The van der Waals surface area contributed by atoms with Gasteiger partial charge in [0.05, 0.1) is 0 Å². The number of anilines is 1. The average molecular weight is 421 g/mol. The van der Waals surface area contributed by atoms with Crippen molar-refractivity contribution in [3.8, 4) is 23.0 Å². The summed E-state index contributed by atoms with van der Waals surface area (Å²) in [5.74, 6) is 0.170. The quantitative estimate of drug-likeness (QED) is 0.523. The van der Waals surface area contributed by atoms with Crippen LogP contribution in [0.25, 0.3) is 23.0 Å². The Kier molecular flexibility index (Phi) is 5.45. The summed E-state index contributed by atoms with van der Waals surface area (Å²) in [6.07, 6.45) is 0. The molecule has 0 atom stereocenters. The normalized spacial score (nSPS) is 10.7. The summed E-state index contributed by atoms with van der Waals surface area (Å²) in [5.41, 5.74) is 2.23. The van der Waals surface area contributed by atoms with Crippen molar-refractivity contribution in [2.24, 2.45) is 0 Å². The number of rotatable bonds is 5. The van der Waals surface area contributed by atoms with Crippen LogP contribution in [0.5, 0.6) is 0 Å². The fraction of sp³-hybridized carbons (Fsp3) is 0.0909. The maximum absolute atomic E-state index is 12.6. The van der Waals surface area contributed by atoms with E-state index in [0.29, 0.717) is 22.2 Å². The highest BCUT2D eigenvalue weighted by molar-refractivity contribution is 6.31. The molecule has 30 heavy (non-hydrogen) atoms. The third-order valence-electron chi connectivity index (χ3n) is 4.50. The smallest absolute Gasteiger partial charge is 0.274 e. The van der Waals surface area contributed by atoms with Gasteiger partial charge in [0.2, 0.25) is 11.7 Å². The third-order valence-corrected chi connectivity index (χ3v) is 4.74. The number of carbonyl (C=O) groups excluding carboxylic acids is 1. The molecule has 4 rings (SSSR count). The van der Waals surface area contributed by atoms with Crippen molar-refractivity contribution in [2.75, 3.05) is 5.32 Å². The minimum Gasteiger partial charge on any atom is -0.332 e. The molecule has 0 aliphatic rings. The Bertz CT molecular complexity index is 1260. The molecule has 2 heterocycles. The van der Waals surface area contributed by atoms with Crippen LogP contribution in [0.4, 0.5) is 5.69 Å². The van der Waals surface area contributed by atoms with Gasteiger partial charge in [0, 0.05) is 22.3 Å². The first kappa shape index (κ1) is 19.6. The van der Waals surface area contributed by atoms with Crippen molar-refractivity contribution >= 4 is 23.2 Å². The molecular formula is C22H17ClN4O3. The number of aryl methyl sites for hydroxylation is 1. The Morgan fingerprint density at radius 3 is 2.70 bits per heavy atom. The fourth-order valence-corrected chi connectivity index (χ4v) is 3.14. The molecule has 7 nitrogen and oxygen atoms in total. The van der Waals surface area contributed by atoms with E-state index in [1.54, 1.807) is 24.3 Å². The zero-order valence-corrected chi connectivity index (χ0v) is 16.8. The maximum Gasteiger partial charge on any atom is 0.274 e. The molecule has 0 spiro atoms. The summed E-state index contributed by atoms with van der Waals surface area (Å²) in [6, 6.07) is 19.1. The number of nitrogens with zero attached hydrogens (tertiary/aromatic N) is 3. The predicted molar refractivity (Wildman–Crippen MR) is 114 cm³/mol. The van der Waals surface area contributed by atoms with Gasteiger partial charge in [0.25, 0.3) is 11.4 Å². The van der Waals surface area contributed by atoms with E-state index >= 15 is 0 Å². The monoisotopic (exact) mass is 420 g/mol. The average Bonchev–Trinajstić information content (AvgIpc) is 3.23. The Balaban J connectivity index is 1.62. The zero-order valence-electron chi connectivity index (χ0n) is 16.0. The topological polar surface area (TPSA) is 90.0 Å². The summed E-state index contributed by atoms with van der Waals surface area (Å²) in [6.45, 7) is 1.64. The number of nitrogens with one attached hydrogen (secondary N) is 1. The van der Waals surface area contributed by atoms with Gasteiger partial charge in [0.1, 0.15) is 12.2 Å². The lowest BCUT2D eigenvalue weighted by molar-refractivity contribution is -0.116. The van der Waals surface area contributed by atoms with Gasteiger partial charge in [-0.25, -0.2) is 0 Å². The van der Waals surface area contributed by atoms with Crippen LogP contribution in [-0.2, 0) is 11.3 Å². The molecule has 0 aliphatic carbocycles. The van der Waals surface area contributed by atoms with Gasteiger partial charge in [0.15, 0.2) is 0 Å². The second kappa shape index (κ2) is 8.34. The van der Waals surface area contributed by atoms with E-state index in [0.717, 1.165) is 11.1 Å². The van der Waals surface area contributed by atoms with Crippen molar-refractivity contribution in [1.29, 1.82) is 0 Å². The number of halogens is 1. The molecule has 4 aromatic rings. The van der Waals surface area contributed by atoms with Crippen LogP contribution in [0.2, 0.25) is 5.02 Å². The lowest BCUT2D eigenvalue weighted by Gasteiger charge is -2.12. The van der Waals surface area contributed by atoms with E-state index in [9.17, 15) is 9.59 Å². The molecule has 0 bridgehead atoms. The Hall–Kier alpha value is -3.71. The van der Waals surface area contributed by atoms with Crippen LogP contribution in [0.1, 0.15) is 5.56 Å². The lowest BCUT2D eigenvalue weighted by Crippen LogP contribution is -2.28. The Labute approximate surface area is 176 Å². The third kappa shape index (κ3) is 4.16. The van der Waals surface area contributed by atoms with E-state index in [1.807, 2.05) is 43.3 Å². The number of aromatic nitrogens is 3. The van der Waals surface area contributed by atoms with Crippen LogP contribution < -0.4 is 10.9 Å². The van der Waals surface area contributed by atoms with Crippen molar-refractivity contribution in [3.05, 3.63) is 87.7 Å². The summed E-state index contributed by atoms with van der Waals surface area (Å²) in [4.78, 5) is 29.5. The molecule has 0 radical (unpaired) electrons. The second-order valence-electron chi connectivity index (χ2n) is 6.63. The van der Waals surface area contributed by atoms with Crippen molar-refractivity contribution in [1.82, 2.24) is 14.7 Å². The van der Waals surface area contributed by atoms with Gasteiger partial charge in [-0.15, -0.1) is 0 Å². The van der Waals surface area contributed by atoms with Crippen LogP contribution in [0.3, 0.4) is 0 Å². The highest BCUT2D eigenvalue weighted by Crippen LogP contribution is 2.22. The summed E-state index contributed by atoms with van der Waals surface area (Å²) >= 11 is 6.01. The van der Waals surface area contributed by atoms with Gasteiger partial charge in [-0.2, -0.15) is 4.98 Å². The van der Waals surface area contributed by atoms with Gasteiger partial charge in [-0.3, -0.25) is 14.2 Å². The minimum absolute atomic E-state index is 0.151. The van der Waals surface area contributed by atoms with E-state index in [2.05, 4.69) is 15.5 Å². The minimum atomic E-state index is -0.377. The molecule has 1 N–H and O–H groups in total. The number of carbonyl (C=O) groups is 1. The Morgan fingerprint density at radius 2 is 1.90 bits per heavy atom. The van der Waals surface area contributed by atoms with Gasteiger partial charge >= 0.3 is 0 Å².